The van der Waals surface area contributed by atoms with E-state index in [0.29, 0.717) is 34.4 Å². The van der Waals surface area contributed by atoms with Crippen LogP contribution in [0.25, 0.3) is 0 Å². The lowest BCUT2D eigenvalue weighted by molar-refractivity contribution is -0.138. The van der Waals surface area contributed by atoms with Crippen LogP contribution in [0.5, 0.6) is 11.5 Å². The molecule has 0 atom stereocenters. The van der Waals surface area contributed by atoms with Crippen molar-refractivity contribution in [3.8, 4) is 11.5 Å². The molecule has 0 fully saturated rings. The molecular weight excluding hydrogens is 424 g/mol. The summed E-state index contributed by atoms with van der Waals surface area (Å²) in [4.78, 5) is 34.7. The van der Waals surface area contributed by atoms with E-state index in [0.717, 1.165) is 5.56 Å². The number of halogens is 1. The monoisotopic (exact) mass is 446 g/mol. The number of hydrogen-bond acceptors (Lipinski definition) is 6. The number of nitrogens with zero attached hydrogens (tertiary/aromatic N) is 1. The van der Waals surface area contributed by atoms with Crippen molar-refractivity contribution >= 4 is 41.2 Å². The van der Waals surface area contributed by atoms with Crippen LogP contribution in [0.3, 0.4) is 0 Å². The standard InChI is InChI=1S/C21H23ClN4O5/c1-4-30-18-9-14(11-24-26-21(29)20(28)23-3)6-8-17(18)31-12-19(27)25-15-7-5-13(2)16(22)10-15/h5-11H,4,12H2,1-3H3,(H,23,28)(H,25,27)(H,26,29)/b24-11-. The number of ether oxygens (including phenoxy) is 2. The zero-order valence-corrected chi connectivity index (χ0v) is 18.1. The van der Waals surface area contributed by atoms with Gasteiger partial charge in [-0.3, -0.25) is 14.4 Å². The van der Waals surface area contributed by atoms with Crippen molar-refractivity contribution in [3.63, 3.8) is 0 Å². The summed E-state index contributed by atoms with van der Waals surface area (Å²) < 4.78 is 11.1. The molecule has 0 saturated heterocycles. The van der Waals surface area contributed by atoms with E-state index in [-0.39, 0.29) is 12.5 Å². The Hall–Kier alpha value is -3.59. The fourth-order valence-electron chi connectivity index (χ4n) is 2.33. The van der Waals surface area contributed by atoms with Gasteiger partial charge in [-0.25, -0.2) is 5.43 Å². The fourth-order valence-corrected chi connectivity index (χ4v) is 2.51. The summed E-state index contributed by atoms with van der Waals surface area (Å²) in [7, 11) is 1.34. The smallest absolute Gasteiger partial charge is 0.329 e. The topological polar surface area (TPSA) is 118 Å². The third-order valence-corrected chi connectivity index (χ3v) is 4.30. The van der Waals surface area contributed by atoms with Crippen molar-refractivity contribution in [1.82, 2.24) is 10.7 Å². The number of rotatable bonds is 8. The molecule has 2 aromatic rings. The van der Waals surface area contributed by atoms with Crippen LogP contribution >= 0.6 is 11.6 Å². The zero-order valence-electron chi connectivity index (χ0n) is 17.3. The number of carbonyl (C=O) groups is 3. The first-order valence-corrected chi connectivity index (χ1v) is 9.72. The number of carbonyl (C=O) groups excluding carboxylic acids is 3. The highest BCUT2D eigenvalue weighted by Gasteiger charge is 2.11. The molecule has 3 amide bonds. The predicted molar refractivity (Wildman–Crippen MR) is 118 cm³/mol. The molecular formula is C21H23ClN4O5. The number of nitrogens with one attached hydrogen (secondary N) is 3. The predicted octanol–water partition coefficient (Wildman–Crippen LogP) is 2.26. The average molecular weight is 447 g/mol. The molecule has 2 rings (SSSR count). The van der Waals surface area contributed by atoms with Crippen molar-refractivity contribution in [2.45, 2.75) is 13.8 Å². The third kappa shape index (κ3) is 7.31. The van der Waals surface area contributed by atoms with E-state index in [1.54, 1.807) is 30.3 Å². The van der Waals surface area contributed by atoms with Gasteiger partial charge in [-0.15, -0.1) is 0 Å². The maximum atomic E-state index is 12.2. The second-order valence-electron chi connectivity index (χ2n) is 6.22. The Morgan fingerprint density at radius 3 is 2.52 bits per heavy atom. The van der Waals surface area contributed by atoms with Crippen molar-refractivity contribution in [1.29, 1.82) is 0 Å². The van der Waals surface area contributed by atoms with Crippen LogP contribution in [-0.4, -0.2) is 44.2 Å². The molecule has 0 aliphatic heterocycles. The summed E-state index contributed by atoms with van der Waals surface area (Å²) in [5.74, 6) is -1.28. The van der Waals surface area contributed by atoms with Gasteiger partial charge in [0.1, 0.15) is 0 Å². The second-order valence-corrected chi connectivity index (χ2v) is 6.63. The first-order valence-electron chi connectivity index (χ1n) is 9.34. The molecule has 3 N–H and O–H groups in total. The average Bonchev–Trinajstić information content (AvgIpc) is 2.75. The Kier molecular flexibility index (Phi) is 8.83. The number of hydrazone groups is 1. The summed E-state index contributed by atoms with van der Waals surface area (Å²) in [5, 5.41) is 9.18. The lowest BCUT2D eigenvalue weighted by Gasteiger charge is -2.13. The molecule has 164 valence electrons. The van der Waals surface area contributed by atoms with Crippen LogP contribution in [0, 0.1) is 6.92 Å². The number of anilines is 1. The van der Waals surface area contributed by atoms with E-state index in [9.17, 15) is 14.4 Å². The highest BCUT2D eigenvalue weighted by molar-refractivity contribution is 6.35. The van der Waals surface area contributed by atoms with Crippen LogP contribution in [-0.2, 0) is 14.4 Å². The summed E-state index contributed by atoms with van der Waals surface area (Å²) in [5.41, 5.74) is 4.17. The Morgan fingerprint density at radius 2 is 1.84 bits per heavy atom. The Morgan fingerprint density at radius 1 is 1.06 bits per heavy atom. The molecule has 0 spiro atoms. The molecule has 0 aromatic heterocycles. The van der Waals surface area contributed by atoms with E-state index in [4.69, 9.17) is 21.1 Å². The zero-order chi connectivity index (χ0) is 22.8. The van der Waals surface area contributed by atoms with Gasteiger partial charge in [0.15, 0.2) is 18.1 Å². The van der Waals surface area contributed by atoms with Crippen molar-refractivity contribution < 1.29 is 23.9 Å². The van der Waals surface area contributed by atoms with E-state index >= 15 is 0 Å². The van der Waals surface area contributed by atoms with Gasteiger partial charge in [-0.05, 0) is 55.3 Å². The molecule has 0 radical (unpaired) electrons. The summed E-state index contributed by atoms with van der Waals surface area (Å²) in [6.45, 7) is 3.82. The van der Waals surface area contributed by atoms with Gasteiger partial charge >= 0.3 is 11.8 Å². The molecule has 0 unspecified atom stereocenters. The van der Waals surface area contributed by atoms with E-state index in [1.165, 1.54) is 13.3 Å². The molecule has 2 aromatic carbocycles. The van der Waals surface area contributed by atoms with Gasteiger partial charge in [-0.1, -0.05) is 17.7 Å². The highest BCUT2D eigenvalue weighted by Crippen LogP contribution is 2.28. The summed E-state index contributed by atoms with van der Waals surface area (Å²) in [6, 6.07) is 10.1. The fraction of sp³-hybridized carbons (Fsp3) is 0.238. The largest absolute Gasteiger partial charge is 0.490 e. The van der Waals surface area contributed by atoms with Crippen LogP contribution in [0.4, 0.5) is 5.69 Å². The number of amides is 3. The van der Waals surface area contributed by atoms with E-state index < -0.39 is 11.8 Å². The number of hydrogen-bond donors (Lipinski definition) is 3. The molecule has 10 heteroatoms. The molecule has 0 heterocycles. The Balaban J connectivity index is 2.00. The van der Waals surface area contributed by atoms with Crippen LogP contribution in [0.2, 0.25) is 5.02 Å². The van der Waals surface area contributed by atoms with Crippen LogP contribution in [0.1, 0.15) is 18.1 Å². The first kappa shape index (κ1) is 23.7. The first-order chi connectivity index (χ1) is 14.8. The maximum absolute atomic E-state index is 12.2. The molecule has 31 heavy (non-hydrogen) atoms. The van der Waals surface area contributed by atoms with Gasteiger partial charge in [0, 0.05) is 17.8 Å². The maximum Gasteiger partial charge on any atom is 0.329 e. The van der Waals surface area contributed by atoms with Gasteiger partial charge in [-0.2, -0.15) is 5.10 Å². The van der Waals surface area contributed by atoms with Crippen LogP contribution < -0.4 is 25.5 Å². The normalized spacial score (nSPS) is 10.5. The van der Waals surface area contributed by atoms with Gasteiger partial charge in [0.05, 0.1) is 12.8 Å². The molecule has 9 nitrogen and oxygen atoms in total. The van der Waals surface area contributed by atoms with Crippen molar-refractivity contribution in [3.05, 3.63) is 52.5 Å². The summed E-state index contributed by atoms with van der Waals surface area (Å²) >= 11 is 6.06. The van der Waals surface area contributed by atoms with E-state index in [1.807, 2.05) is 19.9 Å². The van der Waals surface area contributed by atoms with Crippen LogP contribution in [0.15, 0.2) is 41.5 Å². The molecule has 0 saturated carbocycles. The second kappa shape index (κ2) is 11.6. The number of benzene rings is 2. The van der Waals surface area contributed by atoms with E-state index in [2.05, 4.69) is 21.2 Å². The third-order valence-electron chi connectivity index (χ3n) is 3.89. The minimum atomic E-state index is -0.885. The Labute approximate surface area is 184 Å². The summed E-state index contributed by atoms with van der Waals surface area (Å²) in [6.07, 6.45) is 1.35. The van der Waals surface area contributed by atoms with Gasteiger partial charge in [0.2, 0.25) is 0 Å². The molecule has 0 bridgehead atoms. The quantitative estimate of drug-likeness (QED) is 0.326. The molecule has 0 aliphatic carbocycles. The molecule has 0 aliphatic rings. The van der Waals surface area contributed by atoms with Crippen molar-refractivity contribution in [2.24, 2.45) is 5.10 Å². The van der Waals surface area contributed by atoms with Crippen molar-refractivity contribution in [2.75, 3.05) is 25.6 Å². The lowest BCUT2D eigenvalue weighted by atomic mass is 10.2. The highest BCUT2D eigenvalue weighted by atomic mass is 35.5. The number of aryl methyl sites for hydroxylation is 1. The van der Waals surface area contributed by atoms with Gasteiger partial charge < -0.3 is 20.1 Å². The number of likely N-dealkylation sites (N-methyl/N-ethyl adjacent to an activating group) is 1. The SMILES string of the molecule is CCOc1cc(/C=N\NC(=O)C(=O)NC)ccc1OCC(=O)Nc1ccc(C)c(Cl)c1. The minimum absolute atomic E-state index is 0.235. The Bertz CT molecular complexity index is 994. The lowest BCUT2D eigenvalue weighted by Crippen LogP contribution is -2.35. The van der Waals surface area contributed by atoms with Gasteiger partial charge in [0.25, 0.3) is 5.91 Å². The minimum Gasteiger partial charge on any atom is -0.490 e.